The van der Waals surface area contributed by atoms with Crippen molar-refractivity contribution in [1.29, 1.82) is 0 Å². The minimum atomic E-state index is -1.30. The predicted molar refractivity (Wildman–Crippen MR) is 184 cm³/mol. The van der Waals surface area contributed by atoms with E-state index in [1.807, 2.05) is 17.5 Å². The van der Waals surface area contributed by atoms with E-state index >= 15 is 0 Å². The number of ether oxygens (including phenoxy) is 1. The monoisotopic (exact) mass is 798 g/mol. The molecule has 0 bridgehead atoms. The van der Waals surface area contributed by atoms with Gasteiger partial charge in [0.2, 0.25) is 5.76 Å². The molecule has 0 saturated heterocycles. The number of halogens is 1. The second-order valence-electron chi connectivity index (χ2n) is 8.13. The highest BCUT2D eigenvalue weighted by molar-refractivity contribution is 9.10. The summed E-state index contributed by atoms with van der Waals surface area (Å²) in [7, 11) is 0.00803. The van der Waals surface area contributed by atoms with Crippen LogP contribution in [0.1, 0.15) is 21.1 Å². The molecule has 0 aliphatic rings. The van der Waals surface area contributed by atoms with Crippen LogP contribution in [0, 0.1) is 20.2 Å². The van der Waals surface area contributed by atoms with E-state index in [2.05, 4.69) is 36.0 Å². The first kappa shape index (κ1) is 37.7. The molecule has 23 heteroatoms. The van der Waals surface area contributed by atoms with E-state index in [4.69, 9.17) is 24.6 Å². The number of hydrogen-bond acceptors (Lipinski definition) is 18. The number of carbonyl (C=O) groups excluding carboxylic acids is 2. The number of carbonyl (C=O) groups is 2. The number of nitrogens with two attached hydrogens (primary N) is 1. The van der Waals surface area contributed by atoms with Crippen molar-refractivity contribution in [3.8, 4) is 10.6 Å². The summed E-state index contributed by atoms with van der Waals surface area (Å²) < 4.78 is 15.8. The molecular formula is C25H20BBrN6O11S4. The van der Waals surface area contributed by atoms with Crippen molar-refractivity contribution in [2.24, 2.45) is 0 Å². The van der Waals surface area contributed by atoms with Crippen LogP contribution in [0.3, 0.4) is 0 Å². The number of hydrogen-bond donors (Lipinski definition) is 4. The Hall–Kier alpha value is -4.78. The van der Waals surface area contributed by atoms with Gasteiger partial charge in [0.05, 0.1) is 21.8 Å². The molecule has 0 atom stereocenters. The van der Waals surface area contributed by atoms with Crippen LogP contribution in [0.5, 0.6) is 0 Å². The average molecular weight is 799 g/mol. The molecule has 1 amide bonds. The van der Waals surface area contributed by atoms with Gasteiger partial charge in [-0.05, 0) is 79.7 Å². The number of nitrogen functional groups attached to an aromatic ring is 1. The Morgan fingerprint density at radius 1 is 0.938 bits per heavy atom. The predicted octanol–water partition coefficient (Wildman–Crippen LogP) is 5.52. The molecule has 0 saturated carbocycles. The molecule has 0 aromatic carbocycles. The number of nitro groups is 2. The van der Waals surface area contributed by atoms with Crippen LogP contribution in [-0.2, 0) is 4.74 Å². The summed E-state index contributed by atoms with van der Waals surface area (Å²) in [5.74, 6) is -0.0429. The van der Waals surface area contributed by atoms with Gasteiger partial charge in [-0.1, -0.05) is 18.2 Å². The second-order valence-corrected chi connectivity index (χ2v) is 12.9. The van der Waals surface area contributed by atoms with Gasteiger partial charge < -0.3 is 29.4 Å². The zero-order chi connectivity index (χ0) is 35.2. The van der Waals surface area contributed by atoms with Crippen LogP contribution >= 0.6 is 61.3 Å². The maximum absolute atomic E-state index is 12.0. The van der Waals surface area contributed by atoms with Crippen molar-refractivity contribution < 1.29 is 43.1 Å². The normalized spacial score (nSPS) is 9.83. The molecule has 6 heterocycles. The average Bonchev–Trinajstić information content (AvgIpc) is 3.89. The molecule has 0 aliphatic carbocycles. The number of thiophene rings is 2. The van der Waals surface area contributed by atoms with Gasteiger partial charge >= 0.3 is 23.1 Å². The molecule has 0 spiro atoms. The van der Waals surface area contributed by atoms with Gasteiger partial charge in [-0.15, -0.1) is 11.3 Å². The Morgan fingerprint density at radius 3 is 2.04 bits per heavy atom. The number of thiazole rings is 2. The van der Waals surface area contributed by atoms with E-state index in [0.717, 1.165) is 39.9 Å². The summed E-state index contributed by atoms with van der Waals surface area (Å²) in [6.45, 7) is 0. The zero-order valence-electron chi connectivity index (χ0n) is 24.0. The summed E-state index contributed by atoms with van der Waals surface area (Å²) in [4.78, 5) is 50.2. The summed E-state index contributed by atoms with van der Waals surface area (Å²) in [5.41, 5.74) is 5.12. The first-order valence-corrected chi connectivity index (χ1v) is 16.7. The van der Waals surface area contributed by atoms with Gasteiger partial charge in [-0.2, -0.15) is 11.3 Å². The van der Waals surface area contributed by atoms with E-state index in [-0.39, 0.29) is 31.8 Å². The Morgan fingerprint density at radius 2 is 1.58 bits per heavy atom. The molecule has 6 aromatic rings. The minimum Gasteiger partial charge on any atom is -0.463 e. The molecule has 0 fully saturated rings. The maximum Gasteiger partial charge on any atom is 0.499 e. The van der Waals surface area contributed by atoms with Gasteiger partial charge in [-0.3, -0.25) is 30.3 Å². The third kappa shape index (κ3) is 11.8. The Labute approximate surface area is 293 Å². The number of esters is 1. The van der Waals surface area contributed by atoms with Gasteiger partial charge in [0.15, 0.2) is 20.7 Å². The van der Waals surface area contributed by atoms with Crippen LogP contribution in [-0.4, -0.2) is 56.0 Å². The molecule has 0 radical (unpaired) electrons. The zero-order valence-corrected chi connectivity index (χ0v) is 28.8. The second kappa shape index (κ2) is 18.5. The largest absolute Gasteiger partial charge is 0.499 e. The summed E-state index contributed by atoms with van der Waals surface area (Å²) in [6, 6.07) is 13.6. The molecule has 0 unspecified atom stereocenters. The smallest absolute Gasteiger partial charge is 0.463 e. The highest BCUT2D eigenvalue weighted by Crippen LogP contribution is 2.28. The topological polar surface area (TPSA) is 260 Å². The molecule has 250 valence electrons. The molecule has 0 aliphatic heterocycles. The van der Waals surface area contributed by atoms with Crippen LogP contribution in [0.2, 0.25) is 0 Å². The Balaban J connectivity index is 0.000000193. The van der Waals surface area contributed by atoms with Crippen molar-refractivity contribution in [3.05, 3.63) is 108 Å². The number of nitrogens with one attached hydrogen (secondary N) is 1. The standard InChI is InChI=1S/C12H7N3O4S2.C6H5BrO3.C4H5BO2S.C3H3N3O2S/c16-11(14-12-13-6-10(21-12)15(17)18)8-4-3-7(19-8)9-2-1-5-20-9;1-9-6(8)4-2-3-5(7)10-4;6-5(7)4-2-1-3-8-4;4-3-5-1-2(9-3)6(7)8/h1-6H,(H,13,14,16);2-3H,1H3;1-3,6-7H;1H,(H2,4,5). The Bertz CT molecular complexity index is 1920. The first-order valence-electron chi connectivity index (χ1n) is 12.5. The van der Waals surface area contributed by atoms with Crippen LogP contribution in [0.15, 0.2) is 85.2 Å². The van der Waals surface area contributed by atoms with Crippen molar-refractivity contribution in [1.82, 2.24) is 9.97 Å². The molecule has 6 rings (SSSR count). The number of aromatic nitrogens is 2. The lowest BCUT2D eigenvalue weighted by Crippen LogP contribution is -2.26. The Kier molecular flexibility index (Phi) is 14.5. The summed E-state index contributed by atoms with van der Waals surface area (Å²) in [6.07, 6.45) is 2.24. The minimum absolute atomic E-state index is 0.0208. The molecule has 17 nitrogen and oxygen atoms in total. The number of methoxy groups -OCH3 is 1. The van der Waals surface area contributed by atoms with E-state index in [9.17, 15) is 29.8 Å². The fourth-order valence-electron chi connectivity index (χ4n) is 2.90. The third-order valence-electron chi connectivity index (χ3n) is 4.94. The van der Waals surface area contributed by atoms with Crippen molar-refractivity contribution in [2.75, 3.05) is 18.2 Å². The first-order chi connectivity index (χ1) is 22.9. The number of furan rings is 2. The van der Waals surface area contributed by atoms with Crippen molar-refractivity contribution >= 4 is 105 Å². The fourth-order valence-corrected chi connectivity index (χ4v) is 5.62. The highest BCUT2D eigenvalue weighted by atomic mass is 79.9. The van der Waals surface area contributed by atoms with Crippen molar-refractivity contribution in [2.45, 2.75) is 0 Å². The number of nitrogens with zero attached hydrogens (tertiary/aromatic N) is 4. The lowest BCUT2D eigenvalue weighted by Gasteiger charge is -1.97. The van der Waals surface area contributed by atoms with Gasteiger partial charge in [0.1, 0.15) is 18.2 Å². The molecular weight excluding hydrogens is 779 g/mol. The fraction of sp³-hybridized carbons (Fsp3) is 0.0400. The van der Waals surface area contributed by atoms with E-state index < -0.39 is 28.8 Å². The summed E-state index contributed by atoms with van der Waals surface area (Å²) >= 11 is 7.54. The van der Waals surface area contributed by atoms with Gasteiger partial charge in [0.25, 0.3) is 5.91 Å². The highest BCUT2D eigenvalue weighted by Gasteiger charge is 2.17. The lowest BCUT2D eigenvalue weighted by molar-refractivity contribution is -0.380. The van der Waals surface area contributed by atoms with E-state index in [1.165, 1.54) is 35.8 Å². The van der Waals surface area contributed by atoms with Crippen LogP contribution in [0.4, 0.5) is 20.3 Å². The van der Waals surface area contributed by atoms with Gasteiger partial charge in [-0.25, -0.2) is 14.8 Å². The number of amides is 1. The van der Waals surface area contributed by atoms with Crippen molar-refractivity contribution in [3.63, 3.8) is 0 Å². The lowest BCUT2D eigenvalue weighted by atomic mass is 9.90. The van der Waals surface area contributed by atoms with E-state index in [0.29, 0.717) is 15.2 Å². The molecule has 6 aromatic heterocycles. The molecule has 5 N–H and O–H groups in total. The van der Waals surface area contributed by atoms with Crippen LogP contribution < -0.4 is 15.8 Å². The van der Waals surface area contributed by atoms with Crippen LogP contribution in [0.25, 0.3) is 10.6 Å². The maximum atomic E-state index is 12.0. The third-order valence-corrected chi connectivity index (χ3v) is 8.80. The number of anilines is 2. The SMILES string of the molecule is COC(=O)c1ccc(Br)o1.Nc1ncc([N+](=O)[O-])s1.O=C(Nc1ncc([N+](=O)[O-])s1)c1ccc(-c2cccs2)o1.OB(O)c1cccs1. The molecule has 48 heavy (non-hydrogen) atoms. The van der Waals surface area contributed by atoms with Gasteiger partial charge in [0, 0.05) is 4.78 Å². The quantitative estimate of drug-likeness (QED) is 0.0672. The summed E-state index contributed by atoms with van der Waals surface area (Å²) in [5, 5.41) is 43.8. The van der Waals surface area contributed by atoms with E-state index in [1.54, 1.807) is 35.7 Å². The number of rotatable bonds is 7.